The molecule has 2 nitrogen and oxygen atoms in total. The Bertz CT molecular complexity index is 172. The van der Waals surface area contributed by atoms with E-state index in [0.29, 0.717) is 6.61 Å². The second-order valence-electron chi connectivity index (χ2n) is 5.47. The standard InChI is InChI=1S/C14H29NO/c1-12-8-7-9-14(13(12)2)15-10-5-3-4-6-11-16/h12-16H,3-11H2,1-2H3. The smallest absolute Gasteiger partial charge is 0.0431 e. The second kappa shape index (κ2) is 8.08. The highest BCUT2D eigenvalue weighted by atomic mass is 16.2. The summed E-state index contributed by atoms with van der Waals surface area (Å²) >= 11 is 0. The summed E-state index contributed by atoms with van der Waals surface area (Å²) in [6.07, 6.45) is 8.83. The van der Waals surface area contributed by atoms with Crippen molar-refractivity contribution in [1.29, 1.82) is 0 Å². The van der Waals surface area contributed by atoms with E-state index >= 15 is 0 Å². The van der Waals surface area contributed by atoms with Gasteiger partial charge in [-0.1, -0.05) is 39.5 Å². The minimum absolute atomic E-state index is 0.352. The number of rotatable bonds is 7. The predicted molar refractivity (Wildman–Crippen MR) is 69.5 cm³/mol. The number of nitrogens with one attached hydrogen (secondary N) is 1. The molecule has 0 spiro atoms. The van der Waals surface area contributed by atoms with Crippen LogP contribution < -0.4 is 5.32 Å². The first kappa shape index (κ1) is 14.0. The average Bonchev–Trinajstić information content (AvgIpc) is 2.29. The third-order valence-corrected chi connectivity index (χ3v) is 4.20. The molecule has 0 aromatic heterocycles. The van der Waals surface area contributed by atoms with Crippen LogP contribution in [0.1, 0.15) is 58.8 Å². The van der Waals surface area contributed by atoms with Crippen molar-refractivity contribution in [2.45, 2.75) is 64.8 Å². The number of unbranched alkanes of at least 4 members (excludes halogenated alkanes) is 3. The lowest BCUT2D eigenvalue weighted by Crippen LogP contribution is -2.40. The summed E-state index contributed by atoms with van der Waals surface area (Å²) in [5, 5.41) is 12.4. The number of aliphatic hydroxyl groups excluding tert-OH is 1. The van der Waals surface area contributed by atoms with Crippen LogP contribution in [0.15, 0.2) is 0 Å². The van der Waals surface area contributed by atoms with E-state index in [9.17, 15) is 0 Å². The summed E-state index contributed by atoms with van der Waals surface area (Å²) in [4.78, 5) is 0. The minimum Gasteiger partial charge on any atom is -0.396 e. The van der Waals surface area contributed by atoms with Crippen molar-refractivity contribution in [2.24, 2.45) is 11.8 Å². The van der Waals surface area contributed by atoms with Crippen molar-refractivity contribution in [1.82, 2.24) is 5.32 Å². The second-order valence-corrected chi connectivity index (χ2v) is 5.47. The lowest BCUT2D eigenvalue weighted by atomic mass is 9.78. The first-order valence-corrected chi connectivity index (χ1v) is 7.10. The molecular formula is C14H29NO. The molecule has 3 atom stereocenters. The zero-order valence-corrected chi connectivity index (χ0v) is 11.0. The Kier molecular flexibility index (Phi) is 7.06. The van der Waals surface area contributed by atoms with E-state index < -0.39 is 0 Å². The summed E-state index contributed by atoms with van der Waals surface area (Å²) in [5.41, 5.74) is 0. The zero-order chi connectivity index (χ0) is 11.8. The van der Waals surface area contributed by atoms with Gasteiger partial charge in [0.05, 0.1) is 0 Å². The first-order valence-electron chi connectivity index (χ1n) is 7.10. The van der Waals surface area contributed by atoms with Gasteiger partial charge in [-0.05, 0) is 37.6 Å². The molecule has 2 N–H and O–H groups in total. The lowest BCUT2D eigenvalue weighted by Gasteiger charge is -2.34. The highest BCUT2D eigenvalue weighted by Crippen LogP contribution is 2.29. The molecule has 1 aliphatic rings. The van der Waals surface area contributed by atoms with Crippen molar-refractivity contribution in [3.63, 3.8) is 0 Å². The van der Waals surface area contributed by atoms with E-state index in [0.717, 1.165) is 30.8 Å². The fourth-order valence-corrected chi connectivity index (χ4v) is 2.75. The fourth-order valence-electron chi connectivity index (χ4n) is 2.75. The molecule has 1 fully saturated rings. The van der Waals surface area contributed by atoms with Crippen LogP contribution in [0.3, 0.4) is 0 Å². The van der Waals surface area contributed by atoms with Crippen LogP contribution in [0.25, 0.3) is 0 Å². The van der Waals surface area contributed by atoms with Gasteiger partial charge in [0.2, 0.25) is 0 Å². The maximum Gasteiger partial charge on any atom is 0.0431 e. The van der Waals surface area contributed by atoms with E-state index in [1.54, 1.807) is 0 Å². The van der Waals surface area contributed by atoms with Gasteiger partial charge < -0.3 is 10.4 Å². The van der Waals surface area contributed by atoms with Gasteiger partial charge >= 0.3 is 0 Å². The molecular weight excluding hydrogens is 198 g/mol. The number of hydrogen-bond donors (Lipinski definition) is 2. The van der Waals surface area contributed by atoms with Crippen molar-refractivity contribution in [3.05, 3.63) is 0 Å². The van der Waals surface area contributed by atoms with Crippen LogP contribution >= 0.6 is 0 Å². The SMILES string of the molecule is CC1CCCC(NCCCCCCO)C1C. The first-order chi connectivity index (χ1) is 7.75. The molecule has 3 unspecified atom stereocenters. The zero-order valence-electron chi connectivity index (χ0n) is 11.0. The van der Waals surface area contributed by atoms with Crippen LogP contribution in [0.2, 0.25) is 0 Å². The Morgan fingerprint density at radius 3 is 2.56 bits per heavy atom. The van der Waals surface area contributed by atoms with Gasteiger partial charge in [-0.25, -0.2) is 0 Å². The van der Waals surface area contributed by atoms with Gasteiger partial charge in [0, 0.05) is 12.6 Å². The lowest BCUT2D eigenvalue weighted by molar-refractivity contribution is 0.206. The molecule has 16 heavy (non-hydrogen) atoms. The summed E-state index contributed by atoms with van der Waals surface area (Å²) in [6.45, 7) is 6.30. The van der Waals surface area contributed by atoms with Gasteiger partial charge in [0.15, 0.2) is 0 Å². The van der Waals surface area contributed by atoms with Crippen molar-refractivity contribution in [2.75, 3.05) is 13.2 Å². The maximum absolute atomic E-state index is 8.67. The monoisotopic (exact) mass is 227 g/mol. The molecule has 0 bridgehead atoms. The van der Waals surface area contributed by atoms with E-state index in [1.807, 2.05) is 0 Å². The molecule has 2 heteroatoms. The molecule has 0 heterocycles. The highest BCUT2D eigenvalue weighted by molar-refractivity contribution is 4.81. The van der Waals surface area contributed by atoms with E-state index in [-0.39, 0.29) is 0 Å². The maximum atomic E-state index is 8.67. The van der Waals surface area contributed by atoms with Crippen LogP contribution in [-0.2, 0) is 0 Å². The van der Waals surface area contributed by atoms with Crippen molar-refractivity contribution in [3.8, 4) is 0 Å². The van der Waals surface area contributed by atoms with Gasteiger partial charge in [-0.2, -0.15) is 0 Å². The van der Waals surface area contributed by atoms with Crippen LogP contribution in [0, 0.1) is 11.8 Å². The highest BCUT2D eigenvalue weighted by Gasteiger charge is 2.25. The molecule has 1 rings (SSSR count). The normalized spacial score (nSPS) is 30.6. The van der Waals surface area contributed by atoms with Crippen molar-refractivity contribution < 1.29 is 5.11 Å². The Hall–Kier alpha value is -0.0800. The summed E-state index contributed by atoms with van der Waals surface area (Å²) in [6, 6.07) is 0.751. The van der Waals surface area contributed by atoms with E-state index in [2.05, 4.69) is 19.2 Å². The molecule has 1 saturated carbocycles. The fraction of sp³-hybridized carbons (Fsp3) is 1.00. The topological polar surface area (TPSA) is 32.3 Å². The molecule has 96 valence electrons. The van der Waals surface area contributed by atoms with E-state index in [4.69, 9.17) is 5.11 Å². The van der Waals surface area contributed by atoms with Crippen LogP contribution in [0.5, 0.6) is 0 Å². The summed E-state index contributed by atoms with van der Waals surface area (Å²) in [5.74, 6) is 1.73. The average molecular weight is 227 g/mol. The minimum atomic E-state index is 0.352. The largest absolute Gasteiger partial charge is 0.396 e. The van der Waals surface area contributed by atoms with E-state index in [1.165, 1.54) is 38.5 Å². The van der Waals surface area contributed by atoms with Crippen LogP contribution in [0.4, 0.5) is 0 Å². The summed E-state index contributed by atoms with van der Waals surface area (Å²) < 4.78 is 0. The molecule has 1 aliphatic carbocycles. The van der Waals surface area contributed by atoms with Gasteiger partial charge in [0.1, 0.15) is 0 Å². The van der Waals surface area contributed by atoms with Crippen molar-refractivity contribution >= 4 is 0 Å². The molecule has 0 saturated heterocycles. The quantitative estimate of drug-likeness (QED) is 0.655. The Balaban J connectivity index is 2.03. The molecule has 0 aliphatic heterocycles. The van der Waals surface area contributed by atoms with Gasteiger partial charge in [-0.3, -0.25) is 0 Å². The number of aliphatic hydroxyl groups is 1. The Labute approximate surface area is 101 Å². The predicted octanol–water partition coefficient (Wildman–Crippen LogP) is 2.95. The molecule has 0 aromatic rings. The summed E-state index contributed by atoms with van der Waals surface area (Å²) in [7, 11) is 0. The Morgan fingerprint density at radius 2 is 1.81 bits per heavy atom. The van der Waals surface area contributed by atoms with Gasteiger partial charge in [-0.15, -0.1) is 0 Å². The molecule has 0 radical (unpaired) electrons. The van der Waals surface area contributed by atoms with Gasteiger partial charge in [0.25, 0.3) is 0 Å². The van der Waals surface area contributed by atoms with Crippen LogP contribution in [-0.4, -0.2) is 24.3 Å². The molecule has 0 aromatic carbocycles. The Morgan fingerprint density at radius 1 is 1.06 bits per heavy atom. The number of hydrogen-bond acceptors (Lipinski definition) is 2. The molecule has 0 amide bonds. The third-order valence-electron chi connectivity index (χ3n) is 4.20. The third kappa shape index (κ3) is 4.84.